The number of rotatable bonds is 3. The van der Waals surface area contributed by atoms with Crippen LogP contribution in [0.2, 0.25) is 0 Å². The van der Waals surface area contributed by atoms with E-state index in [1.54, 1.807) is 6.20 Å². The van der Waals surface area contributed by atoms with Gasteiger partial charge in [0.2, 0.25) is 0 Å². The minimum absolute atomic E-state index is 0.000625. The van der Waals surface area contributed by atoms with Crippen molar-refractivity contribution in [2.24, 2.45) is 5.73 Å². The van der Waals surface area contributed by atoms with Gasteiger partial charge in [-0.3, -0.25) is 4.98 Å². The highest BCUT2D eigenvalue weighted by molar-refractivity contribution is 14.1. The summed E-state index contributed by atoms with van der Waals surface area (Å²) >= 11 is 5.66. The molecule has 2 rings (SSSR count). The Morgan fingerprint density at radius 2 is 1.88 bits per heavy atom. The largest absolute Gasteiger partial charge is 0.324 e. The summed E-state index contributed by atoms with van der Waals surface area (Å²) < 4.78 is 2.21. The van der Waals surface area contributed by atoms with Gasteiger partial charge in [0.15, 0.2) is 0 Å². The molecule has 1 aromatic carbocycles. The molecule has 0 aliphatic heterocycles. The topological polar surface area (TPSA) is 38.9 Å². The van der Waals surface area contributed by atoms with Crippen LogP contribution in [0.25, 0.3) is 0 Å². The Morgan fingerprint density at radius 1 is 1.18 bits per heavy atom. The molecule has 0 saturated carbocycles. The van der Waals surface area contributed by atoms with Crippen molar-refractivity contribution in [2.75, 3.05) is 0 Å². The summed E-state index contributed by atoms with van der Waals surface area (Å²) in [5.74, 6) is 0. The third-order valence-corrected chi connectivity index (χ3v) is 3.70. The second-order valence-corrected chi connectivity index (χ2v) is 5.99. The molecule has 1 aromatic heterocycles. The maximum Gasteiger partial charge on any atom is 0.0423 e. The lowest BCUT2D eigenvalue weighted by molar-refractivity contribution is 0.706. The van der Waals surface area contributed by atoms with E-state index in [1.165, 1.54) is 3.57 Å². The number of nitrogens with two attached hydrogens (primary N) is 1. The molecule has 1 heterocycles. The summed E-state index contributed by atoms with van der Waals surface area (Å²) in [6.07, 6.45) is 2.56. The Morgan fingerprint density at radius 3 is 2.47 bits per heavy atom. The van der Waals surface area contributed by atoms with E-state index < -0.39 is 0 Å². The molecule has 0 aliphatic rings. The summed E-state index contributed by atoms with van der Waals surface area (Å²) in [7, 11) is 0. The van der Waals surface area contributed by atoms with E-state index in [-0.39, 0.29) is 6.04 Å². The minimum Gasteiger partial charge on any atom is -0.324 e. The van der Waals surface area contributed by atoms with E-state index in [0.717, 1.165) is 22.2 Å². The fourth-order valence-electron chi connectivity index (χ4n) is 1.58. The van der Waals surface area contributed by atoms with Crippen molar-refractivity contribution in [1.82, 2.24) is 4.98 Å². The zero-order chi connectivity index (χ0) is 12.3. The van der Waals surface area contributed by atoms with Gasteiger partial charge >= 0.3 is 0 Å². The molecule has 0 radical (unpaired) electrons. The predicted molar refractivity (Wildman–Crippen MR) is 81.7 cm³/mol. The lowest BCUT2D eigenvalue weighted by Gasteiger charge is -2.11. The van der Waals surface area contributed by atoms with Crippen LogP contribution in [0.4, 0.5) is 0 Å². The first-order chi connectivity index (χ1) is 8.15. The monoisotopic (exact) mass is 402 g/mol. The molecule has 0 amide bonds. The Balaban J connectivity index is 2.08. The number of benzene rings is 1. The quantitative estimate of drug-likeness (QED) is 0.795. The highest BCUT2D eigenvalue weighted by atomic mass is 127. The lowest BCUT2D eigenvalue weighted by atomic mass is 10.0. The summed E-state index contributed by atoms with van der Waals surface area (Å²) in [6.45, 7) is 0. The normalized spacial score (nSPS) is 12.4. The van der Waals surface area contributed by atoms with Crippen LogP contribution in [-0.4, -0.2) is 4.98 Å². The molecule has 0 aliphatic carbocycles. The second-order valence-electron chi connectivity index (χ2n) is 3.83. The summed E-state index contributed by atoms with van der Waals surface area (Å²) in [5.41, 5.74) is 8.32. The SMILES string of the molecule is NC(Cc1ccc(Br)cn1)c1ccc(I)cc1. The number of hydrogen-bond donors (Lipinski definition) is 1. The zero-order valence-electron chi connectivity index (χ0n) is 9.11. The van der Waals surface area contributed by atoms with E-state index >= 15 is 0 Å². The second kappa shape index (κ2) is 5.93. The van der Waals surface area contributed by atoms with Gasteiger partial charge in [0.1, 0.15) is 0 Å². The van der Waals surface area contributed by atoms with Crippen LogP contribution >= 0.6 is 38.5 Å². The Bertz CT molecular complexity index is 482. The number of nitrogens with zero attached hydrogens (tertiary/aromatic N) is 1. The van der Waals surface area contributed by atoms with Crippen molar-refractivity contribution in [3.8, 4) is 0 Å². The first-order valence-corrected chi connectivity index (χ1v) is 7.14. The molecule has 0 bridgehead atoms. The van der Waals surface area contributed by atoms with E-state index in [4.69, 9.17) is 5.73 Å². The van der Waals surface area contributed by atoms with E-state index in [9.17, 15) is 0 Å². The molecule has 4 heteroatoms. The predicted octanol–water partition coefficient (Wildman–Crippen LogP) is 3.69. The fraction of sp³-hybridized carbons (Fsp3) is 0.154. The first kappa shape index (κ1) is 13.0. The van der Waals surface area contributed by atoms with Gasteiger partial charge in [0, 0.05) is 32.4 Å². The van der Waals surface area contributed by atoms with E-state index in [0.29, 0.717) is 0 Å². The Hall–Kier alpha value is -0.460. The zero-order valence-corrected chi connectivity index (χ0v) is 12.8. The number of hydrogen-bond acceptors (Lipinski definition) is 2. The van der Waals surface area contributed by atoms with Crippen LogP contribution in [0.15, 0.2) is 47.1 Å². The first-order valence-electron chi connectivity index (χ1n) is 5.26. The van der Waals surface area contributed by atoms with Crippen molar-refractivity contribution in [2.45, 2.75) is 12.5 Å². The smallest absolute Gasteiger partial charge is 0.0423 e. The van der Waals surface area contributed by atoms with Gasteiger partial charge in [0.05, 0.1) is 0 Å². The maximum absolute atomic E-state index is 6.16. The highest BCUT2D eigenvalue weighted by Gasteiger charge is 2.07. The third-order valence-electron chi connectivity index (χ3n) is 2.52. The van der Waals surface area contributed by atoms with Crippen molar-refractivity contribution in [3.63, 3.8) is 0 Å². The molecule has 88 valence electrons. The van der Waals surface area contributed by atoms with Crippen LogP contribution in [0.5, 0.6) is 0 Å². The molecular formula is C13H12BrIN2. The highest BCUT2D eigenvalue weighted by Crippen LogP contribution is 2.17. The minimum atomic E-state index is 0.000625. The van der Waals surface area contributed by atoms with E-state index in [2.05, 4.69) is 67.8 Å². The lowest BCUT2D eigenvalue weighted by Crippen LogP contribution is -2.13. The van der Waals surface area contributed by atoms with Crippen LogP contribution < -0.4 is 5.73 Å². The van der Waals surface area contributed by atoms with Crippen molar-refractivity contribution < 1.29 is 0 Å². The van der Waals surface area contributed by atoms with Gasteiger partial charge in [-0.25, -0.2) is 0 Å². The number of aromatic nitrogens is 1. The van der Waals surface area contributed by atoms with Crippen LogP contribution in [0.3, 0.4) is 0 Å². The van der Waals surface area contributed by atoms with Gasteiger partial charge in [0.25, 0.3) is 0 Å². The Kier molecular flexibility index (Phi) is 4.53. The standard InChI is InChI=1S/C13H12BrIN2/c14-10-3-6-12(17-8-10)7-13(16)9-1-4-11(15)5-2-9/h1-6,8,13H,7,16H2. The molecule has 17 heavy (non-hydrogen) atoms. The fourth-order valence-corrected chi connectivity index (χ4v) is 2.17. The van der Waals surface area contributed by atoms with Crippen LogP contribution in [0.1, 0.15) is 17.3 Å². The van der Waals surface area contributed by atoms with E-state index in [1.807, 2.05) is 12.1 Å². The molecule has 1 atom stereocenters. The van der Waals surface area contributed by atoms with Gasteiger partial charge in [-0.1, -0.05) is 12.1 Å². The molecule has 1 unspecified atom stereocenters. The number of pyridine rings is 1. The molecular weight excluding hydrogens is 391 g/mol. The van der Waals surface area contributed by atoms with Gasteiger partial charge in [-0.05, 0) is 68.3 Å². The third kappa shape index (κ3) is 3.76. The van der Waals surface area contributed by atoms with Crippen LogP contribution in [0, 0.1) is 3.57 Å². The average molecular weight is 403 g/mol. The number of halogens is 2. The van der Waals surface area contributed by atoms with Crippen molar-refractivity contribution >= 4 is 38.5 Å². The molecule has 2 aromatic rings. The van der Waals surface area contributed by atoms with Gasteiger partial charge in [-0.2, -0.15) is 0 Å². The molecule has 2 N–H and O–H groups in total. The summed E-state index contributed by atoms with van der Waals surface area (Å²) in [6, 6.07) is 12.3. The maximum atomic E-state index is 6.16. The van der Waals surface area contributed by atoms with Crippen LogP contribution in [-0.2, 0) is 6.42 Å². The summed E-state index contributed by atoms with van der Waals surface area (Å²) in [4.78, 5) is 4.33. The molecule has 0 saturated heterocycles. The Labute approximate surface area is 123 Å². The van der Waals surface area contributed by atoms with Crippen molar-refractivity contribution in [3.05, 3.63) is 61.9 Å². The van der Waals surface area contributed by atoms with Gasteiger partial charge in [-0.15, -0.1) is 0 Å². The molecule has 0 spiro atoms. The molecule has 0 fully saturated rings. The molecule has 2 nitrogen and oxygen atoms in total. The average Bonchev–Trinajstić information content (AvgIpc) is 2.33. The van der Waals surface area contributed by atoms with Crippen molar-refractivity contribution in [1.29, 1.82) is 0 Å². The summed E-state index contributed by atoms with van der Waals surface area (Å²) in [5, 5.41) is 0. The van der Waals surface area contributed by atoms with Gasteiger partial charge < -0.3 is 5.73 Å².